The molecule has 27 heavy (non-hydrogen) atoms. The fraction of sp³-hybridized carbons (Fsp3) is 0.833. The minimum absolute atomic E-state index is 0.124. The van der Waals surface area contributed by atoms with Gasteiger partial charge in [-0.3, -0.25) is 14.9 Å². The maximum absolute atomic E-state index is 10.8. The number of nitrogens with one attached hydrogen (secondary N) is 1. The fourth-order valence-corrected chi connectivity index (χ4v) is 3.22. The zero-order chi connectivity index (χ0) is 21.8. The van der Waals surface area contributed by atoms with Crippen molar-refractivity contribution in [2.75, 3.05) is 11.5 Å². The number of hydrogen-bond donors (Lipinski definition) is 5. The van der Waals surface area contributed by atoms with Gasteiger partial charge in [0.25, 0.3) is 0 Å². The van der Waals surface area contributed by atoms with Gasteiger partial charge in [-0.15, -0.1) is 11.8 Å². The van der Waals surface area contributed by atoms with Gasteiger partial charge in [-0.05, 0) is 29.8 Å². The number of rotatable bonds is 4. The summed E-state index contributed by atoms with van der Waals surface area (Å²) in [5.41, 5.74) is 5.06. The van der Waals surface area contributed by atoms with Crippen molar-refractivity contribution in [3.63, 3.8) is 0 Å². The average molecular weight is 425 g/mol. The Morgan fingerprint density at radius 1 is 1.26 bits per heavy atom. The van der Waals surface area contributed by atoms with E-state index in [4.69, 9.17) is 15.9 Å². The Kier molecular flexibility index (Phi) is 14.1. The summed E-state index contributed by atoms with van der Waals surface area (Å²) in [6.45, 7) is 12.0. The van der Waals surface area contributed by atoms with Crippen LogP contribution in [0, 0.1) is 10.8 Å². The van der Waals surface area contributed by atoms with Crippen LogP contribution in [0.15, 0.2) is 0 Å². The molecule has 0 aromatic carbocycles. The molecule has 1 rings (SSSR count). The monoisotopic (exact) mass is 424 g/mol. The normalized spacial score (nSPS) is 20.9. The van der Waals surface area contributed by atoms with Gasteiger partial charge in [-0.2, -0.15) is 12.6 Å². The molecule has 0 aromatic rings. The molecule has 0 saturated carbocycles. The lowest BCUT2D eigenvalue weighted by Gasteiger charge is -2.36. The Labute approximate surface area is 172 Å². The third kappa shape index (κ3) is 15.9. The summed E-state index contributed by atoms with van der Waals surface area (Å²) in [7, 11) is 0. The van der Waals surface area contributed by atoms with Gasteiger partial charge in [0.1, 0.15) is 18.4 Å². The van der Waals surface area contributed by atoms with E-state index in [9.17, 15) is 14.4 Å². The summed E-state index contributed by atoms with van der Waals surface area (Å²) in [4.78, 5) is 30.5. The van der Waals surface area contributed by atoms with Gasteiger partial charge in [0.05, 0.1) is 5.37 Å². The smallest absolute Gasteiger partial charge is 0.320 e. The van der Waals surface area contributed by atoms with Crippen LogP contribution in [0.25, 0.3) is 0 Å². The van der Waals surface area contributed by atoms with Crippen molar-refractivity contribution in [3.05, 3.63) is 0 Å². The van der Waals surface area contributed by atoms with Crippen LogP contribution >= 0.6 is 24.4 Å². The second-order valence-corrected chi connectivity index (χ2v) is 10.1. The first-order valence-corrected chi connectivity index (χ1v) is 10.5. The minimum Gasteiger partial charge on any atom is -0.480 e. The molecule has 0 bridgehead atoms. The van der Waals surface area contributed by atoms with E-state index >= 15 is 0 Å². The van der Waals surface area contributed by atoms with E-state index < -0.39 is 18.0 Å². The van der Waals surface area contributed by atoms with Crippen LogP contribution in [-0.4, -0.2) is 57.4 Å². The number of thiol groups is 1. The molecular formula is C18H36N2O5S2. The fourth-order valence-electron chi connectivity index (χ4n) is 1.58. The highest BCUT2D eigenvalue weighted by molar-refractivity contribution is 7.99. The van der Waals surface area contributed by atoms with Crippen LogP contribution in [-0.2, 0) is 14.4 Å². The predicted molar refractivity (Wildman–Crippen MR) is 114 cm³/mol. The first-order chi connectivity index (χ1) is 12.2. The number of carbonyl (C=O) groups excluding carboxylic acids is 1. The van der Waals surface area contributed by atoms with Crippen LogP contribution in [0.4, 0.5) is 0 Å². The molecule has 0 amide bonds. The zero-order valence-corrected chi connectivity index (χ0v) is 18.9. The molecule has 3 unspecified atom stereocenters. The summed E-state index contributed by atoms with van der Waals surface area (Å²) in [5, 5.41) is 20.4. The van der Waals surface area contributed by atoms with Crippen molar-refractivity contribution in [3.8, 4) is 0 Å². The van der Waals surface area contributed by atoms with Gasteiger partial charge < -0.3 is 20.7 Å². The lowest BCUT2D eigenvalue weighted by atomic mass is 9.95. The quantitative estimate of drug-likeness (QED) is 0.344. The molecule has 0 radical (unpaired) electrons. The number of carboxylic acid groups (broad SMARTS) is 2. The molecule has 1 heterocycles. The Balaban J connectivity index is 0. The van der Waals surface area contributed by atoms with E-state index in [0.29, 0.717) is 12.2 Å². The maximum Gasteiger partial charge on any atom is 0.320 e. The Morgan fingerprint density at radius 2 is 1.74 bits per heavy atom. The summed E-state index contributed by atoms with van der Waals surface area (Å²) in [5.74, 6) is -0.229. The highest BCUT2D eigenvalue weighted by Crippen LogP contribution is 2.32. The van der Waals surface area contributed by atoms with E-state index in [0.717, 1.165) is 18.5 Å². The molecule has 1 aliphatic heterocycles. The highest BCUT2D eigenvalue weighted by Gasteiger charge is 2.33. The van der Waals surface area contributed by atoms with Crippen molar-refractivity contribution in [2.45, 2.75) is 71.8 Å². The molecule has 0 aliphatic carbocycles. The molecule has 1 aliphatic rings. The van der Waals surface area contributed by atoms with Crippen molar-refractivity contribution in [2.24, 2.45) is 16.6 Å². The molecule has 3 atom stereocenters. The van der Waals surface area contributed by atoms with Crippen molar-refractivity contribution in [1.29, 1.82) is 0 Å². The number of carboxylic acids is 2. The number of aliphatic carboxylic acids is 2. The van der Waals surface area contributed by atoms with Gasteiger partial charge in [0.15, 0.2) is 0 Å². The molecule has 7 nitrogen and oxygen atoms in total. The largest absolute Gasteiger partial charge is 0.480 e. The molecule has 9 heteroatoms. The van der Waals surface area contributed by atoms with Crippen LogP contribution in [0.3, 0.4) is 0 Å². The Hall–Kier alpha value is -0.770. The third-order valence-corrected chi connectivity index (χ3v) is 5.15. The minimum atomic E-state index is -0.959. The summed E-state index contributed by atoms with van der Waals surface area (Å²) in [6, 6.07) is -1.10. The van der Waals surface area contributed by atoms with Crippen LogP contribution < -0.4 is 11.1 Å². The SMILES string of the molecule is CC(C)(C)C1NC(C(=O)O)CCS1.CC(C)(C)C=O.NC(CCS)C(=O)O. The molecule has 0 aromatic heterocycles. The van der Waals surface area contributed by atoms with Gasteiger partial charge >= 0.3 is 11.9 Å². The van der Waals surface area contributed by atoms with Crippen molar-refractivity contribution in [1.82, 2.24) is 5.32 Å². The number of nitrogens with two attached hydrogens (primary N) is 1. The van der Waals surface area contributed by atoms with Gasteiger partial charge in [0, 0.05) is 5.41 Å². The van der Waals surface area contributed by atoms with E-state index in [2.05, 4.69) is 38.7 Å². The Morgan fingerprint density at radius 3 is 2.00 bits per heavy atom. The number of aldehydes is 1. The van der Waals surface area contributed by atoms with E-state index in [1.807, 2.05) is 32.5 Å². The van der Waals surface area contributed by atoms with Gasteiger partial charge in [-0.1, -0.05) is 41.5 Å². The van der Waals surface area contributed by atoms with Crippen LogP contribution in [0.5, 0.6) is 0 Å². The van der Waals surface area contributed by atoms with Gasteiger partial charge in [-0.25, -0.2) is 0 Å². The highest BCUT2D eigenvalue weighted by atomic mass is 32.2. The second kappa shape index (κ2) is 13.4. The average Bonchev–Trinajstić information content (AvgIpc) is 2.55. The summed E-state index contributed by atoms with van der Waals surface area (Å²) in [6.07, 6.45) is 2.10. The van der Waals surface area contributed by atoms with Crippen LogP contribution in [0.2, 0.25) is 0 Å². The van der Waals surface area contributed by atoms with E-state index in [1.165, 1.54) is 0 Å². The standard InChI is InChI=1S/C9H17NO2S.C5H10O.C4H9NO2S/c1-9(2,3)8-10-6(7(11)12)4-5-13-8;1-5(2,3)4-6;5-3(1-2-8)4(6)7/h6,8,10H,4-5H2,1-3H3,(H,11,12);4H,1-3H3;3,8H,1-2,5H2,(H,6,7). The topological polar surface area (TPSA) is 130 Å². The lowest BCUT2D eigenvalue weighted by Crippen LogP contribution is -2.50. The lowest BCUT2D eigenvalue weighted by molar-refractivity contribution is -0.140. The molecular weight excluding hydrogens is 388 g/mol. The predicted octanol–water partition coefficient (Wildman–Crippen LogP) is 2.49. The number of hydrogen-bond acceptors (Lipinski definition) is 7. The molecule has 1 saturated heterocycles. The maximum atomic E-state index is 10.8. The van der Waals surface area contributed by atoms with E-state index in [1.54, 1.807) is 0 Å². The first-order valence-electron chi connectivity index (χ1n) is 8.81. The number of thioether (sulfide) groups is 1. The first kappa shape index (κ1) is 28.4. The van der Waals surface area contributed by atoms with Gasteiger partial charge in [0.2, 0.25) is 0 Å². The molecule has 160 valence electrons. The second-order valence-electron chi connectivity index (χ2n) is 8.40. The third-order valence-electron chi connectivity index (χ3n) is 3.24. The Bertz CT molecular complexity index is 462. The van der Waals surface area contributed by atoms with E-state index in [-0.39, 0.29) is 22.2 Å². The summed E-state index contributed by atoms with van der Waals surface area (Å²) >= 11 is 5.63. The summed E-state index contributed by atoms with van der Waals surface area (Å²) < 4.78 is 0. The molecule has 1 fully saturated rings. The van der Waals surface area contributed by atoms with Crippen molar-refractivity contribution < 1.29 is 24.6 Å². The van der Waals surface area contributed by atoms with Crippen molar-refractivity contribution >= 4 is 42.6 Å². The molecule has 0 spiro atoms. The van der Waals surface area contributed by atoms with Crippen LogP contribution in [0.1, 0.15) is 54.4 Å². The zero-order valence-electron chi connectivity index (χ0n) is 17.2. The number of carbonyl (C=O) groups is 3. The molecule has 5 N–H and O–H groups in total.